The van der Waals surface area contributed by atoms with Gasteiger partial charge in [-0.25, -0.2) is 0 Å². The van der Waals surface area contributed by atoms with Gasteiger partial charge in [0.1, 0.15) is 0 Å². The van der Waals surface area contributed by atoms with Crippen LogP contribution in [0, 0.1) is 6.92 Å². The number of piperidine rings is 1. The van der Waals surface area contributed by atoms with Gasteiger partial charge in [0.25, 0.3) is 0 Å². The Morgan fingerprint density at radius 1 is 1.31 bits per heavy atom. The van der Waals surface area contributed by atoms with Gasteiger partial charge in [0.05, 0.1) is 0 Å². The van der Waals surface area contributed by atoms with Gasteiger partial charge < -0.3 is 10.3 Å². The summed E-state index contributed by atoms with van der Waals surface area (Å²) < 4.78 is 0. The highest BCUT2D eigenvalue weighted by molar-refractivity contribution is 5.86. The predicted molar refractivity (Wildman–Crippen MR) is 67.9 cm³/mol. The van der Waals surface area contributed by atoms with Gasteiger partial charge in [0.2, 0.25) is 0 Å². The second-order valence-electron chi connectivity index (χ2n) is 4.78. The number of aryl methyl sites for hydroxylation is 1. The van der Waals surface area contributed by atoms with E-state index >= 15 is 0 Å². The third kappa shape index (κ3) is 1.54. The Morgan fingerprint density at radius 2 is 2.25 bits per heavy atom. The molecule has 2 aromatic rings. The molecule has 0 saturated carbocycles. The molecule has 1 aliphatic heterocycles. The van der Waals surface area contributed by atoms with E-state index in [1.54, 1.807) is 0 Å². The van der Waals surface area contributed by atoms with E-state index in [-0.39, 0.29) is 0 Å². The van der Waals surface area contributed by atoms with Gasteiger partial charge >= 0.3 is 0 Å². The molecular formula is C14H18N2. The SMILES string of the molecule is Cc1cccc2c(C3CCCNC3)c[nH]c12. The van der Waals surface area contributed by atoms with Crippen molar-refractivity contribution in [3.05, 3.63) is 35.5 Å². The Bertz CT molecular complexity index is 492. The van der Waals surface area contributed by atoms with Crippen LogP contribution in [-0.4, -0.2) is 18.1 Å². The van der Waals surface area contributed by atoms with E-state index in [2.05, 4.69) is 41.6 Å². The molecule has 1 fully saturated rings. The van der Waals surface area contributed by atoms with Crippen LogP contribution in [0.5, 0.6) is 0 Å². The van der Waals surface area contributed by atoms with Crippen LogP contribution in [0.3, 0.4) is 0 Å². The number of benzene rings is 1. The maximum atomic E-state index is 3.49. The maximum Gasteiger partial charge on any atom is 0.0486 e. The molecule has 3 rings (SSSR count). The van der Waals surface area contributed by atoms with Crippen molar-refractivity contribution in [1.29, 1.82) is 0 Å². The third-order valence-electron chi connectivity index (χ3n) is 3.69. The topological polar surface area (TPSA) is 27.8 Å². The van der Waals surface area contributed by atoms with Gasteiger partial charge in [-0.05, 0) is 43.4 Å². The average Bonchev–Trinajstić information content (AvgIpc) is 2.75. The molecule has 2 nitrogen and oxygen atoms in total. The first-order valence-electron chi connectivity index (χ1n) is 6.13. The van der Waals surface area contributed by atoms with Crippen molar-refractivity contribution < 1.29 is 0 Å². The Balaban J connectivity index is 2.06. The van der Waals surface area contributed by atoms with Gasteiger partial charge in [0.15, 0.2) is 0 Å². The van der Waals surface area contributed by atoms with E-state index in [0.29, 0.717) is 5.92 Å². The summed E-state index contributed by atoms with van der Waals surface area (Å²) in [5.41, 5.74) is 4.14. The van der Waals surface area contributed by atoms with E-state index < -0.39 is 0 Å². The minimum absolute atomic E-state index is 0.685. The number of para-hydroxylation sites is 1. The van der Waals surface area contributed by atoms with Crippen LogP contribution in [0.1, 0.15) is 29.9 Å². The van der Waals surface area contributed by atoms with E-state index in [4.69, 9.17) is 0 Å². The lowest BCUT2D eigenvalue weighted by Gasteiger charge is -2.22. The largest absolute Gasteiger partial charge is 0.361 e. The summed E-state index contributed by atoms with van der Waals surface area (Å²) in [5, 5.41) is 4.90. The molecule has 1 aromatic heterocycles. The molecule has 84 valence electrons. The summed E-state index contributed by atoms with van der Waals surface area (Å²) in [6.45, 7) is 4.47. The smallest absolute Gasteiger partial charge is 0.0486 e. The molecule has 1 unspecified atom stereocenters. The zero-order chi connectivity index (χ0) is 11.0. The molecule has 0 amide bonds. The lowest BCUT2D eigenvalue weighted by molar-refractivity contribution is 0.463. The molecule has 1 aromatic carbocycles. The summed E-state index contributed by atoms with van der Waals surface area (Å²) in [6, 6.07) is 6.57. The van der Waals surface area contributed by atoms with Crippen LogP contribution in [0.25, 0.3) is 10.9 Å². The highest BCUT2D eigenvalue weighted by Crippen LogP contribution is 2.30. The number of aromatic nitrogens is 1. The Labute approximate surface area is 96.1 Å². The number of H-pyrrole nitrogens is 1. The van der Waals surface area contributed by atoms with Crippen molar-refractivity contribution in [3.63, 3.8) is 0 Å². The minimum Gasteiger partial charge on any atom is -0.361 e. The van der Waals surface area contributed by atoms with Crippen molar-refractivity contribution in [3.8, 4) is 0 Å². The standard InChI is InChI=1S/C14H18N2/c1-10-4-2-6-12-13(9-16-14(10)12)11-5-3-7-15-8-11/h2,4,6,9,11,15-16H,3,5,7-8H2,1H3. The van der Waals surface area contributed by atoms with Gasteiger partial charge in [-0.15, -0.1) is 0 Å². The molecule has 0 radical (unpaired) electrons. The molecular weight excluding hydrogens is 196 g/mol. The van der Waals surface area contributed by atoms with Crippen LogP contribution in [0.4, 0.5) is 0 Å². The lowest BCUT2D eigenvalue weighted by atomic mass is 9.91. The van der Waals surface area contributed by atoms with Crippen molar-refractivity contribution in [1.82, 2.24) is 10.3 Å². The zero-order valence-corrected chi connectivity index (χ0v) is 9.72. The number of fused-ring (bicyclic) bond motifs is 1. The Morgan fingerprint density at radius 3 is 3.06 bits per heavy atom. The van der Waals surface area contributed by atoms with E-state index in [9.17, 15) is 0 Å². The van der Waals surface area contributed by atoms with Crippen LogP contribution < -0.4 is 5.32 Å². The fourth-order valence-electron chi connectivity index (χ4n) is 2.78. The van der Waals surface area contributed by atoms with Crippen molar-refractivity contribution in [2.75, 3.05) is 13.1 Å². The fourth-order valence-corrected chi connectivity index (χ4v) is 2.78. The van der Waals surface area contributed by atoms with Crippen LogP contribution >= 0.6 is 0 Å². The third-order valence-corrected chi connectivity index (χ3v) is 3.69. The highest BCUT2D eigenvalue weighted by Gasteiger charge is 2.18. The monoisotopic (exact) mass is 214 g/mol. The van der Waals surface area contributed by atoms with Crippen LogP contribution in [-0.2, 0) is 0 Å². The first kappa shape index (κ1) is 9.91. The lowest BCUT2D eigenvalue weighted by Crippen LogP contribution is -2.28. The van der Waals surface area contributed by atoms with Gasteiger partial charge in [-0.2, -0.15) is 0 Å². The van der Waals surface area contributed by atoms with E-state index in [1.165, 1.54) is 41.4 Å². The normalized spacial score (nSPS) is 21.4. The van der Waals surface area contributed by atoms with E-state index in [1.807, 2.05) is 0 Å². The molecule has 2 N–H and O–H groups in total. The number of nitrogens with one attached hydrogen (secondary N) is 2. The molecule has 0 spiro atoms. The van der Waals surface area contributed by atoms with Crippen molar-refractivity contribution >= 4 is 10.9 Å². The van der Waals surface area contributed by atoms with Crippen LogP contribution in [0.2, 0.25) is 0 Å². The molecule has 1 aliphatic rings. The first-order valence-corrected chi connectivity index (χ1v) is 6.13. The maximum absolute atomic E-state index is 3.49. The zero-order valence-electron chi connectivity index (χ0n) is 9.72. The highest BCUT2D eigenvalue weighted by atomic mass is 14.9. The number of rotatable bonds is 1. The molecule has 1 atom stereocenters. The summed E-state index contributed by atoms with van der Waals surface area (Å²) in [5.74, 6) is 0.685. The second-order valence-corrected chi connectivity index (χ2v) is 4.78. The van der Waals surface area contributed by atoms with Gasteiger partial charge in [0, 0.05) is 23.6 Å². The van der Waals surface area contributed by atoms with Crippen molar-refractivity contribution in [2.24, 2.45) is 0 Å². The summed E-state index contributed by atoms with van der Waals surface area (Å²) in [7, 11) is 0. The average molecular weight is 214 g/mol. The van der Waals surface area contributed by atoms with Gasteiger partial charge in [-0.3, -0.25) is 0 Å². The molecule has 0 bridgehead atoms. The van der Waals surface area contributed by atoms with Crippen molar-refractivity contribution in [2.45, 2.75) is 25.7 Å². The number of hydrogen-bond acceptors (Lipinski definition) is 1. The molecule has 2 heterocycles. The Hall–Kier alpha value is -1.28. The summed E-state index contributed by atoms with van der Waals surface area (Å²) >= 11 is 0. The first-order chi connectivity index (χ1) is 7.86. The molecule has 2 heteroatoms. The fraction of sp³-hybridized carbons (Fsp3) is 0.429. The Kier molecular flexibility index (Phi) is 2.44. The number of aromatic amines is 1. The summed E-state index contributed by atoms with van der Waals surface area (Å²) in [4.78, 5) is 3.43. The predicted octanol–water partition coefficient (Wildman–Crippen LogP) is 2.94. The second kappa shape index (κ2) is 3.95. The van der Waals surface area contributed by atoms with E-state index in [0.717, 1.165) is 6.54 Å². The van der Waals surface area contributed by atoms with Crippen LogP contribution in [0.15, 0.2) is 24.4 Å². The quantitative estimate of drug-likeness (QED) is 0.750. The molecule has 0 aliphatic carbocycles. The molecule has 1 saturated heterocycles. The van der Waals surface area contributed by atoms with Gasteiger partial charge in [-0.1, -0.05) is 18.2 Å². The summed E-state index contributed by atoms with van der Waals surface area (Å²) in [6.07, 6.45) is 4.81. The number of hydrogen-bond donors (Lipinski definition) is 2. The molecule has 16 heavy (non-hydrogen) atoms. The minimum atomic E-state index is 0.685.